The van der Waals surface area contributed by atoms with Gasteiger partial charge in [-0.2, -0.15) is 4.79 Å². The highest BCUT2D eigenvalue weighted by atomic mass is 19.3. The highest BCUT2D eigenvalue weighted by molar-refractivity contribution is 6.09. The van der Waals surface area contributed by atoms with Crippen LogP contribution in [-0.2, 0) is 12.8 Å². The van der Waals surface area contributed by atoms with Crippen molar-refractivity contribution in [2.45, 2.75) is 101 Å². The van der Waals surface area contributed by atoms with E-state index in [1.165, 1.54) is 24.3 Å². The Hall–Kier alpha value is -3.02. The van der Waals surface area contributed by atoms with Crippen molar-refractivity contribution in [3.05, 3.63) is 76.3 Å². The Balaban J connectivity index is 2.10. The zero-order valence-corrected chi connectivity index (χ0v) is 23.2. The quantitative estimate of drug-likeness (QED) is 0.0763. The van der Waals surface area contributed by atoms with Crippen LogP contribution in [0.15, 0.2) is 48.5 Å². The van der Waals surface area contributed by atoms with Crippen LogP contribution in [0, 0.1) is 0 Å². The summed E-state index contributed by atoms with van der Waals surface area (Å²) in [6.07, 6.45) is -12.4. The number of benzene rings is 2. The van der Waals surface area contributed by atoms with Gasteiger partial charge >= 0.3 is 5.71 Å². The Bertz CT molecular complexity index is 1160. The van der Waals surface area contributed by atoms with Gasteiger partial charge in [0.1, 0.15) is 0 Å². The minimum atomic E-state index is -4.32. The van der Waals surface area contributed by atoms with Gasteiger partial charge in [-0.3, -0.25) is 0 Å². The fourth-order valence-electron chi connectivity index (χ4n) is 4.45. The molecule has 0 aliphatic heterocycles. The first kappa shape index (κ1) is 36.2. The summed E-state index contributed by atoms with van der Waals surface area (Å²) >= 11 is 0. The molecule has 0 aliphatic carbocycles. The first-order chi connectivity index (χ1) is 19.5. The predicted octanol–water partition coefficient (Wildman–Crippen LogP) is 10.0. The van der Waals surface area contributed by atoms with Gasteiger partial charge in [-0.05, 0) is 35.4 Å². The van der Waals surface area contributed by atoms with Crippen molar-refractivity contribution in [1.29, 1.82) is 0 Å². The Kier molecular flexibility index (Phi) is 11.2. The lowest BCUT2D eigenvalue weighted by Gasteiger charge is -2.26. The highest BCUT2D eigenvalue weighted by Gasteiger charge is 2.50. The Morgan fingerprint density at radius 2 is 0.767 bits per heavy atom. The molecule has 2 nitrogen and oxygen atoms in total. The first-order valence-corrected chi connectivity index (χ1v) is 13.2. The minimum absolute atomic E-state index is 0.129. The maximum Gasteiger partial charge on any atom is 0.329 e. The zero-order valence-electron chi connectivity index (χ0n) is 23.2. The van der Waals surface area contributed by atoms with Crippen molar-refractivity contribution in [2.24, 2.45) is 0 Å². The van der Waals surface area contributed by atoms with Crippen LogP contribution in [0.4, 0.5) is 52.7 Å². The summed E-state index contributed by atoms with van der Waals surface area (Å²) in [4.78, 5) is 3.10. The molecule has 0 bridgehead atoms. The van der Waals surface area contributed by atoms with E-state index in [1.807, 2.05) is 0 Å². The predicted molar refractivity (Wildman–Crippen MR) is 136 cm³/mol. The van der Waals surface area contributed by atoms with Gasteiger partial charge in [0, 0.05) is 25.7 Å². The van der Waals surface area contributed by atoms with Gasteiger partial charge in [0.25, 0.3) is 35.5 Å². The normalized spacial score (nSPS) is 13.6. The zero-order chi connectivity index (χ0) is 32.9. The lowest BCUT2D eigenvalue weighted by molar-refractivity contribution is -0.158. The van der Waals surface area contributed by atoms with Crippen LogP contribution in [-0.4, -0.2) is 46.0 Å². The fraction of sp³-hybridized carbons (Fsp3) is 0.552. The van der Waals surface area contributed by atoms with E-state index < -0.39 is 86.9 Å². The van der Waals surface area contributed by atoms with Crippen LogP contribution in [0.3, 0.4) is 0 Å². The molecule has 0 amide bonds. The molecule has 2 aromatic carbocycles. The fourth-order valence-corrected chi connectivity index (χ4v) is 4.45. The Morgan fingerprint density at radius 1 is 0.488 bits per heavy atom. The standard InChI is InChI=1S/C29H30F12N2/c1-3-24(30,31)15-28(38,39)17-26(34,35)13-19-5-9-21(10-6-19)23(43-42)22-11-7-20(8-12-22)14-27(36,37)18-29(40,41)16-25(32,33)4-2/h5-12H,3-4,13-18H2,1-2H3. The molecule has 14 heteroatoms. The van der Waals surface area contributed by atoms with Crippen LogP contribution in [0.25, 0.3) is 5.53 Å². The van der Waals surface area contributed by atoms with Crippen molar-refractivity contribution in [2.75, 3.05) is 0 Å². The smallest absolute Gasteiger partial charge is 0.329 e. The molecule has 0 saturated carbocycles. The van der Waals surface area contributed by atoms with Crippen LogP contribution in [0.2, 0.25) is 0 Å². The molecule has 0 radical (unpaired) electrons. The van der Waals surface area contributed by atoms with Gasteiger partial charge in [-0.25, -0.2) is 52.7 Å². The van der Waals surface area contributed by atoms with Crippen molar-refractivity contribution in [3.8, 4) is 0 Å². The van der Waals surface area contributed by atoms with Crippen LogP contribution in [0.5, 0.6) is 0 Å². The molecule has 2 rings (SSSR count). The Morgan fingerprint density at radius 3 is 1.02 bits per heavy atom. The molecule has 0 atom stereocenters. The lowest BCUT2D eigenvalue weighted by atomic mass is 9.94. The number of hydrogen-bond donors (Lipinski definition) is 0. The first-order valence-electron chi connectivity index (χ1n) is 13.2. The number of halogens is 12. The van der Waals surface area contributed by atoms with Crippen LogP contribution < -0.4 is 0 Å². The van der Waals surface area contributed by atoms with E-state index in [4.69, 9.17) is 0 Å². The third-order valence-electron chi connectivity index (χ3n) is 6.58. The molecule has 240 valence electrons. The van der Waals surface area contributed by atoms with Gasteiger partial charge in [-0.1, -0.05) is 38.1 Å². The molecular weight excluding hydrogens is 604 g/mol. The monoisotopic (exact) mass is 634 g/mol. The average Bonchev–Trinajstić information content (AvgIpc) is 2.83. The molecule has 2 aromatic rings. The minimum Gasteiger partial charge on any atom is -0.361 e. The summed E-state index contributed by atoms with van der Waals surface area (Å²) in [7, 11) is 0. The largest absolute Gasteiger partial charge is 0.361 e. The van der Waals surface area contributed by atoms with Crippen molar-refractivity contribution < 1.29 is 57.5 Å². The van der Waals surface area contributed by atoms with Crippen molar-refractivity contribution in [3.63, 3.8) is 0 Å². The van der Waals surface area contributed by atoms with E-state index in [1.54, 1.807) is 0 Å². The second-order valence-electron chi connectivity index (χ2n) is 10.7. The molecule has 0 fully saturated rings. The number of nitrogens with zero attached hydrogens (tertiary/aromatic N) is 2. The van der Waals surface area contributed by atoms with E-state index in [9.17, 15) is 58.2 Å². The van der Waals surface area contributed by atoms with Gasteiger partial charge in [0.15, 0.2) is 0 Å². The van der Waals surface area contributed by atoms with E-state index >= 15 is 0 Å². The van der Waals surface area contributed by atoms with Gasteiger partial charge in [-0.15, -0.1) is 0 Å². The summed E-state index contributed by atoms with van der Waals surface area (Å²) in [6.45, 7) is 1.92. The number of rotatable bonds is 16. The topological polar surface area (TPSA) is 36.4 Å². The average molecular weight is 635 g/mol. The van der Waals surface area contributed by atoms with Crippen LogP contribution in [0.1, 0.15) is 74.6 Å². The van der Waals surface area contributed by atoms with E-state index in [0.717, 1.165) is 38.1 Å². The molecule has 43 heavy (non-hydrogen) atoms. The van der Waals surface area contributed by atoms with Gasteiger partial charge < -0.3 is 5.53 Å². The van der Waals surface area contributed by atoms with Crippen LogP contribution >= 0.6 is 0 Å². The highest BCUT2D eigenvalue weighted by Crippen LogP contribution is 2.42. The van der Waals surface area contributed by atoms with E-state index in [0.29, 0.717) is 0 Å². The second-order valence-corrected chi connectivity index (χ2v) is 10.7. The maximum atomic E-state index is 14.3. The molecule has 0 aromatic heterocycles. The van der Waals surface area contributed by atoms with Crippen molar-refractivity contribution in [1.82, 2.24) is 0 Å². The second kappa shape index (κ2) is 13.3. The molecule has 0 unspecified atom stereocenters. The molecule has 0 heterocycles. The molecule has 0 saturated heterocycles. The number of alkyl halides is 12. The summed E-state index contributed by atoms with van der Waals surface area (Å²) in [5.74, 6) is -24.3. The Labute approximate surface area is 240 Å². The molecular formula is C29H30F12N2. The summed E-state index contributed by atoms with van der Waals surface area (Å²) in [6, 6.07) is 9.30. The molecule has 0 N–H and O–H groups in total. The third kappa shape index (κ3) is 11.9. The summed E-state index contributed by atoms with van der Waals surface area (Å²) < 4.78 is 166. The van der Waals surface area contributed by atoms with Gasteiger partial charge in [0.2, 0.25) is 0 Å². The lowest BCUT2D eigenvalue weighted by Crippen LogP contribution is -2.35. The van der Waals surface area contributed by atoms with E-state index in [2.05, 4.69) is 4.79 Å². The molecule has 0 aliphatic rings. The molecule has 0 spiro atoms. The number of hydrogen-bond acceptors (Lipinski definition) is 0. The third-order valence-corrected chi connectivity index (χ3v) is 6.58. The summed E-state index contributed by atoms with van der Waals surface area (Å²) in [5, 5.41) is 0. The SMILES string of the molecule is CCC(F)(F)CC(F)(F)CC(F)(F)Cc1ccc(C(=[N+]=[N-])c2ccc(CC(F)(F)CC(F)(F)CC(F)(F)CC)cc2)cc1. The van der Waals surface area contributed by atoms with E-state index in [-0.39, 0.29) is 28.0 Å². The maximum absolute atomic E-state index is 14.3. The van der Waals surface area contributed by atoms with Crippen molar-refractivity contribution >= 4 is 5.71 Å². The van der Waals surface area contributed by atoms with Gasteiger partial charge in [0.05, 0.1) is 36.8 Å². The summed E-state index contributed by atoms with van der Waals surface area (Å²) in [5.41, 5.74) is 9.34.